The maximum Gasteiger partial charge on any atom is 0.225 e. The van der Waals surface area contributed by atoms with Crippen molar-refractivity contribution < 1.29 is 8.42 Å². The van der Waals surface area contributed by atoms with Gasteiger partial charge >= 0.3 is 0 Å². The molecule has 1 aromatic rings. The minimum absolute atomic E-state index is 0.279. The lowest BCUT2D eigenvalue weighted by Crippen LogP contribution is -2.27. The highest BCUT2D eigenvalue weighted by molar-refractivity contribution is 7.90. The molecule has 0 aliphatic heterocycles. The van der Waals surface area contributed by atoms with Crippen molar-refractivity contribution in [2.75, 3.05) is 11.8 Å². The third kappa shape index (κ3) is 3.24. The average molecular weight is 239 g/mol. The van der Waals surface area contributed by atoms with Crippen molar-refractivity contribution in [2.45, 2.75) is 6.42 Å². The molecule has 1 rings (SSSR count). The van der Waals surface area contributed by atoms with Gasteiger partial charge in [-0.1, -0.05) is 0 Å². The number of alkyl halides is 1. The van der Waals surface area contributed by atoms with E-state index in [1.807, 2.05) is 0 Å². The van der Waals surface area contributed by atoms with Gasteiger partial charge in [-0.15, -0.1) is 21.8 Å². The van der Waals surface area contributed by atoms with Crippen LogP contribution in [0.3, 0.4) is 0 Å². The molecule has 0 spiro atoms. The first-order chi connectivity index (χ1) is 6.55. The number of aryl methyl sites for hydroxylation is 1. The van der Waals surface area contributed by atoms with Crippen molar-refractivity contribution in [1.29, 1.82) is 0 Å². The van der Waals surface area contributed by atoms with Crippen LogP contribution in [-0.2, 0) is 23.5 Å². The van der Waals surface area contributed by atoms with Gasteiger partial charge in [0.15, 0.2) is 0 Å². The third-order valence-electron chi connectivity index (χ3n) is 1.62. The van der Waals surface area contributed by atoms with E-state index in [-0.39, 0.29) is 6.54 Å². The van der Waals surface area contributed by atoms with E-state index >= 15 is 0 Å². The summed E-state index contributed by atoms with van der Waals surface area (Å²) in [5.41, 5.74) is 0. The van der Waals surface area contributed by atoms with E-state index < -0.39 is 15.2 Å². The molecule has 0 radical (unpaired) electrons. The number of hydrogen-bond donors (Lipinski definition) is 1. The molecular weight excluding hydrogens is 228 g/mol. The van der Waals surface area contributed by atoms with Crippen LogP contribution >= 0.6 is 11.6 Å². The predicted molar refractivity (Wildman–Crippen MR) is 52.3 cm³/mol. The monoisotopic (exact) mass is 238 g/mol. The quantitative estimate of drug-likeness (QED) is 0.700. The fourth-order valence-corrected chi connectivity index (χ4v) is 1.61. The van der Waals surface area contributed by atoms with Crippen molar-refractivity contribution in [3.05, 3.63) is 12.2 Å². The molecule has 0 unspecified atom stereocenters. The summed E-state index contributed by atoms with van der Waals surface area (Å²) in [5.74, 6) is 0.724. The highest BCUT2D eigenvalue weighted by Gasteiger charge is 2.07. The Bertz CT molecular complexity index is 388. The van der Waals surface area contributed by atoms with Crippen LogP contribution in [0.4, 0.5) is 0 Å². The SMILES string of the molecule is Cn1cnnc1CCNS(=O)(=O)CCl. The molecule has 1 aromatic heterocycles. The Kier molecular flexibility index (Phi) is 3.85. The van der Waals surface area contributed by atoms with Gasteiger partial charge in [0, 0.05) is 20.0 Å². The molecule has 0 aliphatic rings. The van der Waals surface area contributed by atoms with Gasteiger partial charge in [-0.3, -0.25) is 0 Å². The van der Waals surface area contributed by atoms with Crippen molar-refractivity contribution in [2.24, 2.45) is 7.05 Å². The van der Waals surface area contributed by atoms with Crippen molar-refractivity contribution >= 4 is 21.6 Å². The standard InChI is InChI=1S/C6H11ClN4O2S/c1-11-5-8-10-6(11)2-3-9-14(12,13)4-7/h5,9H,2-4H2,1H3. The highest BCUT2D eigenvalue weighted by atomic mass is 35.5. The lowest BCUT2D eigenvalue weighted by molar-refractivity contribution is 0.584. The Morgan fingerprint density at radius 2 is 2.36 bits per heavy atom. The van der Waals surface area contributed by atoms with Gasteiger partial charge < -0.3 is 4.57 Å². The predicted octanol–water partition coefficient (Wildman–Crippen LogP) is -0.527. The second kappa shape index (κ2) is 4.72. The Morgan fingerprint density at radius 1 is 1.64 bits per heavy atom. The van der Waals surface area contributed by atoms with Crippen LogP contribution in [0.1, 0.15) is 5.82 Å². The first-order valence-corrected chi connectivity index (χ1v) is 6.10. The summed E-state index contributed by atoms with van der Waals surface area (Å²) >= 11 is 5.20. The number of hydrogen-bond acceptors (Lipinski definition) is 4. The molecule has 0 bridgehead atoms. The summed E-state index contributed by atoms with van der Waals surface area (Å²) < 4.78 is 25.9. The summed E-state index contributed by atoms with van der Waals surface area (Å²) in [6, 6.07) is 0. The fraction of sp³-hybridized carbons (Fsp3) is 0.667. The van der Waals surface area contributed by atoms with Gasteiger partial charge in [0.25, 0.3) is 0 Å². The van der Waals surface area contributed by atoms with Crippen molar-refractivity contribution in [3.8, 4) is 0 Å². The molecule has 0 saturated heterocycles. The molecule has 6 nitrogen and oxygen atoms in total. The molecule has 0 atom stereocenters. The first-order valence-electron chi connectivity index (χ1n) is 3.91. The van der Waals surface area contributed by atoms with Crippen molar-refractivity contribution in [1.82, 2.24) is 19.5 Å². The summed E-state index contributed by atoms with van der Waals surface area (Å²) in [5, 5.41) is 7.05. The fourth-order valence-electron chi connectivity index (χ4n) is 0.890. The Hall–Kier alpha value is -0.660. The van der Waals surface area contributed by atoms with Gasteiger partial charge in [-0.05, 0) is 0 Å². The molecule has 1 heterocycles. The minimum Gasteiger partial charge on any atom is -0.321 e. The Balaban J connectivity index is 2.40. The van der Waals surface area contributed by atoms with E-state index in [4.69, 9.17) is 11.6 Å². The summed E-state index contributed by atoms with van der Waals surface area (Å²) in [6.07, 6.45) is 2.05. The van der Waals surface area contributed by atoms with Crippen LogP contribution < -0.4 is 4.72 Å². The third-order valence-corrected chi connectivity index (χ3v) is 3.41. The second-order valence-electron chi connectivity index (χ2n) is 2.73. The smallest absolute Gasteiger partial charge is 0.225 e. The molecular formula is C6H11ClN4O2S. The lowest BCUT2D eigenvalue weighted by atomic mass is 10.4. The van der Waals surface area contributed by atoms with Gasteiger partial charge in [0.2, 0.25) is 10.0 Å². The molecule has 0 amide bonds. The van der Waals surface area contributed by atoms with E-state index in [1.54, 1.807) is 17.9 Å². The maximum absolute atomic E-state index is 10.9. The normalized spacial score (nSPS) is 11.9. The number of sulfonamides is 1. The van der Waals surface area contributed by atoms with Crippen LogP contribution in [0.15, 0.2) is 6.33 Å². The summed E-state index contributed by atoms with van der Waals surface area (Å²) in [7, 11) is -1.53. The zero-order valence-electron chi connectivity index (χ0n) is 7.64. The first kappa shape index (κ1) is 11.4. The molecule has 0 saturated carbocycles. The second-order valence-corrected chi connectivity index (χ2v) is 5.12. The largest absolute Gasteiger partial charge is 0.321 e. The molecule has 8 heteroatoms. The zero-order valence-corrected chi connectivity index (χ0v) is 9.22. The molecule has 0 aliphatic carbocycles. The van der Waals surface area contributed by atoms with E-state index in [9.17, 15) is 8.42 Å². The van der Waals surface area contributed by atoms with Gasteiger partial charge in [-0.2, -0.15) is 0 Å². The minimum atomic E-state index is -3.33. The molecule has 1 N–H and O–H groups in total. The van der Waals surface area contributed by atoms with Crippen molar-refractivity contribution in [3.63, 3.8) is 0 Å². The lowest BCUT2D eigenvalue weighted by Gasteiger charge is -2.02. The van der Waals surface area contributed by atoms with Gasteiger partial charge in [-0.25, -0.2) is 13.1 Å². The number of aromatic nitrogens is 3. The average Bonchev–Trinajstić information content (AvgIpc) is 2.52. The van der Waals surface area contributed by atoms with Crippen LogP contribution in [0.25, 0.3) is 0 Å². The zero-order chi connectivity index (χ0) is 10.6. The van der Waals surface area contributed by atoms with Gasteiger partial charge in [0.1, 0.15) is 17.4 Å². The van der Waals surface area contributed by atoms with Crippen LogP contribution in [0, 0.1) is 0 Å². The Morgan fingerprint density at radius 3 is 2.86 bits per heavy atom. The number of halogens is 1. The molecule has 0 fully saturated rings. The van der Waals surface area contributed by atoms with E-state index in [1.165, 1.54) is 0 Å². The summed E-state index contributed by atoms with van der Waals surface area (Å²) in [4.78, 5) is 0. The van der Waals surface area contributed by atoms with E-state index in [0.717, 1.165) is 5.82 Å². The number of nitrogens with one attached hydrogen (secondary N) is 1. The Labute approximate surface area is 87.3 Å². The number of rotatable bonds is 5. The summed E-state index contributed by atoms with van der Waals surface area (Å²) in [6.45, 7) is 0.279. The highest BCUT2D eigenvalue weighted by Crippen LogP contribution is 1.93. The van der Waals surface area contributed by atoms with Crippen LogP contribution in [-0.4, -0.2) is 34.9 Å². The molecule has 80 valence electrons. The topological polar surface area (TPSA) is 76.9 Å². The van der Waals surface area contributed by atoms with Gasteiger partial charge in [0.05, 0.1) is 0 Å². The van der Waals surface area contributed by atoms with Crippen LogP contribution in [0.5, 0.6) is 0 Å². The number of nitrogens with zero attached hydrogens (tertiary/aromatic N) is 3. The maximum atomic E-state index is 10.9. The molecule has 14 heavy (non-hydrogen) atoms. The van der Waals surface area contributed by atoms with Crippen LogP contribution in [0.2, 0.25) is 0 Å². The van der Waals surface area contributed by atoms with E-state index in [2.05, 4.69) is 14.9 Å². The molecule has 0 aromatic carbocycles. The van der Waals surface area contributed by atoms with E-state index in [0.29, 0.717) is 6.42 Å².